The molecule has 0 fully saturated rings. The molecule has 0 spiro atoms. The first-order valence-electron chi connectivity index (χ1n) is 8.36. The molecule has 0 atom stereocenters. The van der Waals surface area contributed by atoms with Crippen molar-refractivity contribution in [2.75, 3.05) is 35.5 Å². The minimum atomic E-state index is -0.576. The van der Waals surface area contributed by atoms with Crippen LogP contribution in [0.5, 0.6) is 40.2 Å². The fraction of sp³-hybridized carbons (Fsp3) is 0.250. The molecule has 2 aromatic carbocycles. The van der Waals surface area contributed by atoms with Gasteiger partial charge in [-0.1, -0.05) is 0 Å². The Bertz CT molecular complexity index is 1130. The van der Waals surface area contributed by atoms with Crippen LogP contribution in [0.3, 0.4) is 0 Å². The number of rotatable bonds is 6. The lowest BCUT2D eigenvalue weighted by molar-refractivity contribution is 0.310. The van der Waals surface area contributed by atoms with Crippen molar-refractivity contribution >= 4 is 11.0 Å². The van der Waals surface area contributed by atoms with Gasteiger partial charge in [0.25, 0.3) is 0 Å². The summed E-state index contributed by atoms with van der Waals surface area (Å²) < 4.78 is 32.3. The van der Waals surface area contributed by atoms with Crippen LogP contribution < -0.4 is 29.1 Å². The van der Waals surface area contributed by atoms with Crippen LogP contribution in [-0.4, -0.2) is 45.8 Å². The maximum atomic E-state index is 13.1. The molecule has 0 aliphatic carbocycles. The Morgan fingerprint density at radius 3 is 1.86 bits per heavy atom. The van der Waals surface area contributed by atoms with Gasteiger partial charge in [0.05, 0.1) is 41.1 Å². The molecule has 3 aromatic rings. The molecule has 9 nitrogen and oxygen atoms in total. The Morgan fingerprint density at radius 1 is 0.724 bits per heavy atom. The molecule has 9 heteroatoms. The number of phenolic OH excluding ortho intramolecular Hbond substituents is 2. The summed E-state index contributed by atoms with van der Waals surface area (Å²) in [6, 6.07) is 4.07. The molecule has 0 unspecified atom stereocenters. The van der Waals surface area contributed by atoms with E-state index in [2.05, 4.69) is 0 Å². The summed E-state index contributed by atoms with van der Waals surface area (Å²) in [6.45, 7) is 0. The largest absolute Gasteiger partial charge is 0.504 e. The van der Waals surface area contributed by atoms with Gasteiger partial charge in [0.2, 0.25) is 22.7 Å². The summed E-state index contributed by atoms with van der Waals surface area (Å²) in [7, 11) is 6.76. The standard InChI is InChI=1S/C20H20O9/c1-24-15-9(8-11(22)18(26-3)20(15)28-5)16-19(27-4)14(23)13-12(29-16)7-6-10(21)17(13)25-2/h6-8,21-22H,1-5H3. The molecular weight excluding hydrogens is 384 g/mol. The first kappa shape index (κ1) is 20.0. The van der Waals surface area contributed by atoms with E-state index < -0.39 is 5.43 Å². The Balaban J connectivity index is 2.47. The minimum Gasteiger partial charge on any atom is -0.504 e. The number of ether oxygens (including phenoxy) is 5. The van der Waals surface area contributed by atoms with Gasteiger partial charge in [-0.25, -0.2) is 0 Å². The number of hydrogen-bond acceptors (Lipinski definition) is 9. The van der Waals surface area contributed by atoms with Gasteiger partial charge < -0.3 is 38.3 Å². The second-order valence-corrected chi connectivity index (χ2v) is 5.83. The average molecular weight is 404 g/mol. The first-order chi connectivity index (χ1) is 13.9. The molecule has 0 aliphatic heterocycles. The molecule has 0 aliphatic rings. The number of aromatic hydroxyl groups is 2. The predicted octanol–water partition coefficient (Wildman–Crippen LogP) is 2.91. The van der Waals surface area contributed by atoms with Crippen LogP contribution in [0.4, 0.5) is 0 Å². The summed E-state index contributed by atoms with van der Waals surface area (Å²) in [6.07, 6.45) is 0. The van der Waals surface area contributed by atoms with E-state index in [1.807, 2.05) is 0 Å². The molecule has 0 radical (unpaired) electrons. The maximum absolute atomic E-state index is 13.1. The van der Waals surface area contributed by atoms with E-state index in [1.54, 1.807) is 0 Å². The summed E-state index contributed by atoms with van der Waals surface area (Å²) in [4.78, 5) is 13.1. The molecule has 2 N–H and O–H groups in total. The van der Waals surface area contributed by atoms with Crippen molar-refractivity contribution in [3.8, 4) is 51.6 Å². The second kappa shape index (κ2) is 7.70. The van der Waals surface area contributed by atoms with E-state index in [0.29, 0.717) is 0 Å². The van der Waals surface area contributed by atoms with Gasteiger partial charge in [-0.05, 0) is 18.2 Å². The first-order valence-corrected chi connectivity index (χ1v) is 8.36. The van der Waals surface area contributed by atoms with E-state index in [1.165, 1.54) is 53.7 Å². The zero-order valence-electron chi connectivity index (χ0n) is 16.5. The summed E-state index contributed by atoms with van der Waals surface area (Å²) in [5.74, 6) is -0.370. The van der Waals surface area contributed by atoms with Gasteiger partial charge in [0.1, 0.15) is 11.0 Å². The van der Waals surface area contributed by atoms with Crippen LogP contribution in [0, 0.1) is 0 Å². The highest BCUT2D eigenvalue weighted by Crippen LogP contribution is 2.51. The molecule has 1 heterocycles. The van der Waals surface area contributed by atoms with Crippen LogP contribution >= 0.6 is 0 Å². The van der Waals surface area contributed by atoms with E-state index in [4.69, 9.17) is 28.1 Å². The van der Waals surface area contributed by atoms with Gasteiger partial charge in [-0.3, -0.25) is 4.79 Å². The third-order valence-electron chi connectivity index (χ3n) is 4.39. The van der Waals surface area contributed by atoms with Gasteiger partial charge in [-0.2, -0.15) is 0 Å². The normalized spacial score (nSPS) is 10.7. The summed E-state index contributed by atoms with van der Waals surface area (Å²) in [5.41, 5.74) is -0.241. The van der Waals surface area contributed by atoms with Gasteiger partial charge in [0, 0.05) is 0 Å². The van der Waals surface area contributed by atoms with Crippen molar-refractivity contribution in [1.82, 2.24) is 0 Å². The van der Waals surface area contributed by atoms with Gasteiger partial charge >= 0.3 is 0 Å². The molecule has 3 rings (SSSR count). The second-order valence-electron chi connectivity index (χ2n) is 5.83. The maximum Gasteiger partial charge on any atom is 0.239 e. The molecule has 0 saturated heterocycles. The third kappa shape index (κ3) is 3.00. The number of fused-ring (bicyclic) bond motifs is 1. The summed E-state index contributed by atoms with van der Waals surface area (Å²) in [5, 5.41) is 20.4. The number of hydrogen-bond donors (Lipinski definition) is 2. The van der Waals surface area contributed by atoms with Gasteiger partial charge in [-0.15, -0.1) is 0 Å². The number of phenols is 2. The van der Waals surface area contributed by atoms with Crippen LogP contribution in [0.25, 0.3) is 22.3 Å². The van der Waals surface area contributed by atoms with E-state index in [0.717, 1.165) is 0 Å². The van der Waals surface area contributed by atoms with E-state index in [9.17, 15) is 15.0 Å². The SMILES string of the molecule is COc1c(O)cc(-c2oc3ccc(O)c(OC)c3c(=O)c2OC)c(OC)c1OC. The van der Waals surface area contributed by atoms with Crippen LogP contribution in [0.15, 0.2) is 27.4 Å². The van der Waals surface area contributed by atoms with Crippen molar-refractivity contribution in [3.05, 3.63) is 28.4 Å². The van der Waals surface area contributed by atoms with Crippen molar-refractivity contribution in [3.63, 3.8) is 0 Å². The highest BCUT2D eigenvalue weighted by molar-refractivity contribution is 5.90. The quantitative estimate of drug-likeness (QED) is 0.639. The highest BCUT2D eigenvalue weighted by atomic mass is 16.5. The van der Waals surface area contributed by atoms with E-state index >= 15 is 0 Å². The predicted molar refractivity (Wildman–Crippen MR) is 104 cm³/mol. The average Bonchev–Trinajstić information content (AvgIpc) is 2.72. The topological polar surface area (TPSA) is 117 Å². The molecule has 0 saturated carbocycles. The molecule has 0 amide bonds. The Morgan fingerprint density at radius 2 is 1.31 bits per heavy atom. The lowest BCUT2D eigenvalue weighted by Crippen LogP contribution is -2.09. The summed E-state index contributed by atoms with van der Waals surface area (Å²) >= 11 is 0. The van der Waals surface area contributed by atoms with Crippen LogP contribution in [-0.2, 0) is 0 Å². The molecule has 29 heavy (non-hydrogen) atoms. The molecule has 154 valence electrons. The Hall–Kier alpha value is -3.75. The van der Waals surface area contributed by atoms with Crippen molar-refractivity contribution in [2.45, 2.75) is 0 Å². The zero-order valence-corrected chi connectivity index (χ0v) is 16.5. The minimum absolute atomic E-state index is 0.00848. The smallest absolute Gasteiger partial charge is 0.239 e. The molecular formula is C20H20O9. The van der Waals surface area contributed by atoms with Crippen molar-refractivity contribution < 1.29 is 38.3 Å². The Labute approximate surface area is 165 Å². The fourth-order valence-electron chi connectivity index (χ4n) is 3.16. The van der Waals surface area contributed by atoms with Gasteiger partial charge in [0.15, 0.2) is 28.8 Å². The van der Waals surface area contributed by atoms with Crippen LogP contribution in [0.2, 0.25) is 0 Å². The van der Waals surface area contributed by atoms with Crippen molar-refractivity contribution in [1.29, 1.82) is 0 Å². The zero-order chi connectivity index (χ0) is 21.3. The van der Waals surface area contributed by atoms with Crippen LogP contribution in [0.1, 0.15) is 0 Å². The molecule has 1 aromatic heterocycles. The Kier molecular flexibility index (Phi) is 5.31. The lowest BCUT2D eigenvalue weighted by Gasteiger charge is -2.18. The third-order valence-corrected chi connectivity index (χ3v) is 4.39. The molecule has 0 bridgehead atoms. The monoisotopic (exact) mass is 404 g/mol. The highest BCUT2D eigenvalue weighted by Gasteiger charge is 2.28. The number of methoxy groups -OCH3 is 5. The van der Waals surface area contributed by atoms with E-state index in [-0.39, 0.29) is 62.5 Å². The lowest BCUT2D eigenvalue weighted by atomic mass is 10.1. The fourth-order valence-corrected chi connectivity index (χ4v) is 3.16. The van der Waals surface area contributed by atoms with Crippen molar-refractivity contribution in [2.24, 2.45) is 0 Å². The number of benzene rings is 2.